The van der Waals surface area contributed by atoms with Gasteiger partial charge in [0, 0.05) is 28.3 Å². The van der Waals surface area contributed by atoms with Gasteiger partial charge >= 0.3 is 5.97 Å². The van der Waals surface area contributed by atoms with Crippen molar-refractivity contribution in [3.8, 4) is 0 Å². The van der Waals surface area contributed by atoms with Crippen molar-refractivity contribution in [1.29, 1.82) is 0 Å². The van der Waals surface area contributed by atoms with Gasteiger partial charge in [-0.2, -0.15) is 0 Å². The summed E-state index contributed by atoms with van der Waals surface area (Å²) in [4.78, 5) is 22.6. The summed E-state index contributed by atoms with van der Waals surface area (Å²) in [5, 5.41) is 18.1. The van der Waals surface area contributed by atoms with Gasteiger partial charge in [0.25, 0.3) is 0 Å². The Hall–Kier alpha value is -1.04. The van der Waals surface area contributed by atoms with E-state index in [1.807, 2.05) is 0 Å². The van der Waals surface area contributed by atoms with Crippen LogP contribution < -0.4 is 0 Å². The molecule has 0 amide bonds. The van der Waals surface area contributed by atoms with Gasteiger partial charge in [0.2, 0.25) is 0 Å². The van der Waals surface area contributed by atoms with Crippen molar-refractivity contribution in [3.63, 3.8) is 0 Å². The summed E-state index contributed by atoms with van der Waals surface area (Å²) >= 11 is 9.49. The lowest BCUT2D eigenvalue weighted by Crippen LogP contribution is -2.12. The lowest BCUT2D eigenvalue weighted by Gasteiger charge is -2.10. The standard InChI is InChI=1S/C11H11ClO4S/c12-4-3-8(13)6-1-2-9(17)7(5-6)10(14)11(15)16/h1-2,5,10,14,17H,3-4H2,(H,15,16). The Morgan fingerprint density at radius 3 is 2.59 bits per heavy atom. The predicted molar refractivity (Wildman–Crippen MR) is 66.0 cm³/mol. The van der Waals surface area contributed by atoms with Crippen LogP contribution >= 0.6 is 24.2 Å². The van der Waals surface area contributed by atoms with Gasteiger partial charge in [-0.3, -0.25) is 4.79 Å². The summed E-state index contributed by atoms with van der Waals surface area (Å²) < 4.78 is 0. The minimum atomic E-state index is -1.69. The van der Waals surface area contributed by atoms with Crippen LogP contribution in [-0.4, -0.2) is 27.8 Å². The molecule has 0 fully saturated rings. The Morgan fingerprint density at radius 1 is 1.41 bits per heavy atom. The van der Waals surface area contributed by atoms with E-state index < -0.39 is 12.1 Å². The number of aliphatic hydroxyl groups excluding tert-OH is 1. The quantitative estimate of drug-likeness (QED) is 0.436. The van der Waals surface area contributed by atoms with Gasteiger partial charge in [0.05, 0.1) is 0 Å². The molecule has 0 aromatic heterocycles. The maximum Gasteiger partial charge on any atom is 0.337 e. The molecule has 0 radical (unpaired) electrons. The lowest BCUT2D eigenvalue weighted by molar-refractivity contribution is -0.147. The fraction of sp³-hybridized carbons (Fsp3) is 0.273. The molecule has 0 spiro atoms. The van der Waals surface area contributed by atoms with Crippen molar-refractivity contribution in [1.82, 2.24) is 0 Å². The zero-order chi connectivity index (χ0) is 13.0. The van der Waals surface area contributed by atoms with Gasteiger partial charge in [-0.25, -0.2) is 4.79 Å². The highest BCUT2D eigenvalue weighted by atomic mass is 35.5. The number of rotatable bonds is 5. The van der Waals surface area contributed by atoms with Crippen molar-refractivity contribution in [2.75, 3.05) is 5.88 Å². The van der Waals surface area contributed by atoms with Crippen molar-refractivity contribution in [3.05, 3.63) is 29.3 Å². The molecule has 0 heterocycles. The predicted octanol–water partition coefficient (Wildman–Crippen LogP) is 1.90. The molecule has 92 valence electrons. The number of thiol groups is 1. The van der Waals surface area contributed by atoms with Crippen molar-refractivity contribution < 1.29 is 19.8 Å². The van der Waals surface area contributed by atoms with Crippen LogP contribution in [0.15, 0.2) is 23.1 Å². The molecule has 0 saturated heterocycles. The van der Waals surface area contributed by atoms with Crippen molar-refractivity contribution >= 4 is 36.0 Å². The van der Waals surface area contributed by atoms with E-state index in [-0.39, 0.29) is 23.6 Å². The Balaban J connectivity index is 3.10. The topological polar surface area (TPSA) is 74.6 Å². The third-order valence-electron chi connectivity index (χ3n) is 2.20. The highest BCUT2D eigenvalue weighted by Gasteiger charge is 2.20. The van der Waals surface area contributed by atoms with Crippen LogP contribution in [0.1, 0.15) is 28.4 Å². The van der Waals surface area contributed by atoms with Gasteiger partial charge in [-0.15, -0.1) is 24.2 Å². The number of carbonyl (C=O) groups excluding carboxylic acids is 1. The molecule has 1 aromatic carbocycles. The number of carboxylic acid groups (broad SMARTS) is 1. The van der Waals surface area contributed by atoms with Gasteiger partial charge in [-0.05, 0) is 12.1 Å². The van der Waals surface area contributed by atoms with Crippen LogP contribution in [0.3, 0.4) is 0 Å². The maximum absolute atomic E-state index is 11.6. The number of ketones is 1. The number of halogens is 1. The molecule has 0 aliphatic carbocycles. The summed E-state index contributed by atoms with van der Waals surface area (Å²) in [6.45, 7) is 0. The fourth-order valence-electron chi connectivity index (χ4n) is 1.31. The smallest absolute Gasteiger partial charge is 0.337 e. The second-order valence-electron chi connectivity index (χ2n) is 3.38. The highest BCUT2D eigenvalue weighted by Crippen LogP contribution is 2.23. The van der Waals surface area contributed by atoms with Crippen LogP contribution in [0.2, 0.25) is 0 Å². The Kier molecular flexibility index (Phi) is 4.99. The molecule has 1 rings (SSSR count). The van der Waals surface area contributed by atoms with E-state index in [0.717, 1.165) is 0 Å². The van der Waals surface area contributed by atoms with E-state index in [9.17, 15) is 14.7 Å². The van der Waals surface area contributed by atoms with Gasteiger partial charge < -0.3 is 10.2 Å². The average molecular weight is 275 g/mol. The second kappa shape index (κ2) is 6.05. The maximum atomic E-state index is 11.6. The highest BCUT2D eigenvalue weighted by molar-refractivity contribution is 7.80. The number of alkyl halides is 1. The largest absolute Gasteiger partial charge is 0.479 e. The third-order valence-corrected chi connectivity index (χ3v) is 2.80. The third kappa shape index (κ3) is 3.46. The van der Waals surface area contributed by atoms with E-state index in [4.69, 9.17) is 16.7 Å². The SMILES string of the molecule is O=C(CCCl)c1ccc(S)c(C(O)C(=O)O)c1. The van der Waals surface area contributed by atoms with Gasteiger partial charge in [0.15, 0.2) is 11.9 Å². The molecule has 17 heavy (non-hydrogen) atoms. The van der Waals surface area contributed by atoms with Crippen LogP contribution in [0.4, 0.5) is 0 Å². The molecular weight excluding hydrogens is 264 g/mol. The molecule has 2 N–H and O–H groups in total. The summed E-state index contributed by atoms with van der Waals surface area (Å²) in [5.41, 5.74) is 0.417. The van der Waals surface area contributed by atoms with E-state index in [1.165, 1.54) is 18.2 Å². The first-order valence-corrected chi connectivity index (χ1v) is 5.78. The molecule has 6 heteroatoms. The summed E-state index contributed by atoms with van der Waals surface area (Å²) in [7, 11) is 0. The van der Waals surface area contributed by atoms with Crippen LogP contribution in [0.25, 0.3) is 0 Å². The van der Waals surface area contributed by atoms with E-state index in [1.54, 1.807) is 0 Å². The number of aliphatic carboxylic acids is 1. The number of benzene rings is 1. The first kappa shape index (κ1) is 14.0. The minimum Gasteiger partial charge on any atom is -0.479 e. The number of hydrogen-bond acceptors (Lipinski definition) is 4. The molecule has 0 bridgehead atoms. The van der Waals surface area contributed by atoms with Crippen LogP contribution in [0.5, 0.6) is 0 Å². The van der Waals surface area contributed by atoms with E-state index >= 15 is 0 Å². The number of hydrogen-bond donors (Lipinski definition) is 3. The molecule has 4 nitrogen and oxygen atoms in total. The normalized spacial score (nSPS) is 12.2. The van der Waals surface area contributed by atoms with Gasteiger partial charge in [0.1, 0.15) is 0 Å². The Labute approximate surface area is 109 Å². The summed E-state index contributed by atoms with van der Waals surface area (Å²) in [6, 6.07) is 4.33. The second-order valence-corrected chi connectivity index (χ2v) is 4.24. The summed E-state index contributed by atoms with van der Waals surface area (Å²) in [6.07, 6.45) is -1.53. The number of carbonyl (C=O) groups is 2. The van der Waals surface area contributed by atoms with Gasteiger partial charge in [-0.1, -0.05) is 6.07 Å². The zero-order valence-corrected chi connectivity index (χ0v) is 10.4. The first-order chi connectivity index (χ1) is 7.97. The van der Waals surface area contributed by atoms with E-state index in [2.05, 4.69) is 12.6 Å². The average Bonchev–Trinajstić information content (AvgIpc) is 2.28. The number of Topliss-reactive ketones (excluding diaryl/α,β-unsaturated/α-hetero) is 1. The fourth-order valence-corrected chi connectivity index (χ4v) is 1.74. The zero-order valence-electron chi connectivity index (χ0n) is 8.76. The monoisotopic (exact) mass is 274 g/mol. The van der Waals surface area contributed by atoms with Crippen molar-refractivity contribution in [2.45, 2.75) is 17.4 Å². The summed E-state index contributed by atoms with van der Waals surface area (Å²) in [5.74, 6) is -1.40. The number of aliphatic hydroxyl groups is 1. The Morgan fingerprint density at radius 2 is 2.06 bits per heavy atom. The molecule has 1 aromatic rings. The molecule has 1 unspecified atom stereocenters. The Bertz CT molecular complexity index is 447. The number of carboxylic acids is 1. The molecule has 1 atom stereocenters. The molecule has 0 saturated carbocycles. The molecular formula is C11H11ClO4S. The molecule has 0 aliphatic rings. The first-order valence-electron chi connectivity index (χ1n) is 4.80. The molecule has 0 aliphatic heterocycles. The van der Waals surface area contributed by atoms with Crippen LogP contribution in [0, 0.1) is 0 Å². The van der Waals surface area contributed by atoms with Crippen LogP contribution in [-0.2, 0) is 4.79 Å². The van der Waals surface area contributed by atoms with E-state index in [0.29, 0.717) is 10.5 Å². The minimum absolute atomic E-state index is 0.0984. The van der Waals surface area contributed by atoms with Crippen molar-refractivity contribution in [2.24, 2.45) is 0 Å². The lowest BCUT2D eigenvalue weighted by atomic mass is 10.0.